The predicted molar refractivity (Wildman–Crippen MR) is 82.6 cm³/mol. The Morgan fingerprint density at radius 2 is 2.15 bits per heavy atom. The number of aryl methyl sites for hydroxylation is 1. The number of fused-ring (bicyclic) bond motifs is 1. The van der Waals surface area contributed by atoms with Gasteiger partial charge in [-0.05, 0) is 29.7 Å². The number of thiophene rings is 1. The smallest absolute Gasteiger partial charge is 0.165 e. The Morgan fingerprint density at radius 1 is 1.30 bits per heavy atom. The molecule has 1 aromatic heterocycles. The summed E-state index contributed by atoms with van der Waals surface area (Å²) in [4.78, 5) is 12.1. The molecule has 2 heterocycles. The summed E-state index contributed by atoms with van der Waals surface area (Å²) in [6.07, 6.45) is 2.09. The van der Waals surface area contributed by atoms with Crippen molar-refractivity contribution < 1.29 is 9.53 Å². The van der Waals surface area contributed by atoms with Crippen LogP contribution in [0.3, 0.4) is 0 Å². The maximum Gasteiger partial charge on any atom is 0.165 e. The van der Waals surface area contributed by atoms with Crippen LogP contribution >= 0.6 is 34.5 Å². The van der Waals surface area contributed by atoms with Gasteiger partial charge in [0.15, 0.2) is 5.78 Å². The van der Waals surface area contributed by atoms with Crippen molar-refractivity contribution in [2.24, 2.45) is 0 Å². The van der Waals surface area contributed by atoms with Crippen LogP contribution in [0.1, 0.15) is 27.9 Å². The van der Waals surface area contributed by atoms with E-state index in [1.165, 1.54) is 16.9 Å². The molecule has 0 amide bonds. The minimum atomic E-state index is 0.0369. The van der Waals surface area contributed by atoms with E-state index in [0.717, 1.165) is 24.3 Å². The number of rotatable bonds is 4. The Balaban J connectivity index is 1.67. The molecule has 1 aromatic carbocycles. The predicted octanol–water partition coefficient (Wildman–Crippen LogP) is 4.81. The summed E-state index contributed by atoms with van der Waals surface area (Å²) in [7, 11) is 0. The Kier molecular flexibility index (Phi) is 4.01. The molecule has 0 saturated carbocycles. The fraction of sp³-hybridized carbons (Fsp3) is 0.267. The molecule has 0 saturated heterocycles. The summed E-state index contributed by atoms with van der Waals surface area (Å²) in [6, 6.07) is 7.77. The van der Waals surface area contributed by atoms with E-state index in [1.54, 1.807) is 6.07 Å². The SMILES string of the molecule is O=C(CCc1ccc2c(c1)CCO2)c1cc(Cl)sc1Cl. The van der Waals surface area contributed by atoms with E-state index in [0.29, 0.717) is 27.1 Å². The molecule has 1 aliphatic rings. The van der Waals surface area contributed by atoms with Gasteiger partial charge in [-0.1, -0.05) is 35.3 Å². The molecule has 0 aliphatic carbocycles. The number of ketones is 1. The van der Waals surface area contributed by atoms with Crippen molar-refractivity contribution in [2.45, 2.75) is 19.3 Å². The lowest BCUT2D eigenvalue weighted by atomic mass is 10.0. The normalized spacial score (nSPS) is 13.1. The average Bonchev–Trinajstić information content (AvgIpc) is 3.01. The second-order valence-electron chi connectivity index (χ2n) is 4.70. The van der Waals surface area contributed by atoms with E-state index in [2.05, 4.69) is 6.07 Å². The molecule has 0 unspecified atom stereocenters. The number of hydrogen-bond donors (Lipinski definition) is 0. The number of carbonyl (C=O) groups excluding carboxylic acids is 1. The first-order valence-corrected chi connectivity index (χ1v) is 7.93. The zero-order valence-corrected chi connectivity index (χ0v) is 12.9. The lowest BCUT2D eigenvalue weighted by Gasteiger charge is -2.04. The van der Waals surface area contributed by atoms with Gasteiger partial charge >= 0.3 is 0 Å². The highest BCUT2D eigenvalue weighted by Crippen LogP contribution is 2.32. The number of halogens is 2. The van der Waals surface area contributed by atoms with Crippen molar-refractivity contribution in [3.8, 4) is 5.75 Å². The van der Waals surface area contributed by atoms with E-state index in [1.807, 2.05) is 12.1 Å². The highest BCUT2D eigenvalue weighted by molar-refractivity contribution is 7.20. The summed E-state index contributed by atoms with van der Waals surface area (Å²) in [5.74, 6) is 1.00. The van der Waals surface area contributed by atoms with E-state index < -0.39 is 0 Å². The maximum absolute atomic E-state index is 12.1. The Hall–Kier alpha value is -1.03. The average molecular weight is 327 g/mol. The molecule has 0 atom stereocenters. The Bertz CT molecular complexity index is 664. The van der Waals surface area contributed by atoms with Gasteiger partial charge in [-0.15, -0.1) is 11.3 Å². The second-order valence-corrected chi connectivity index (χ2v) is 6.99. The molecule has 0 radical (unpaired) electrons. The molecule has 0 N–H and O–H groups in total. The van der Waals surface area contributed by atoms with E-state index in [9.17, 15) is 4.79 Å². The summed E-state index contributed by atoms with van der Waals surface area (Å²) in [6.45, 7) is 0.751. The first-order valence-electron chi connectivity index (χ1n) is 6.36. The van der Waals surface area contributed by atoms with Crippen molar-refractivity contribution in [3.63, 3.8) is 0 Å². The highest BCUT2D eigenvalue weighted by Gasteiger charge is 2.15. The van der Waals surface area contributed by atoms with Crippen molar-refractivity contribution in [1.29, 1.82) is 0 Å². The monoisotopic (exact) mass is 326 g/mol. The standard InChI is InChI=1S/C15H12Cl2O2S/c16-14-8-11(15(17)20-14)12(18)3-1-9-2-4-13-10(7-9)5-6-19-13/h2,4,7-8H,1,3,5-6H2. The first-order chi connectivity index (χ1) is 9.63. The summed E-state index contributed by atoms with van der Waals surface area (Å²) in [5, 5.41) is 0. The molecule has 2 nitrogen and oxygen atoms in total. The number of hydrogen-bond acceptors (Lipinski definition) is 3. The molecule has 0 fully saturated rings. The van der Waals surface area contributed by atoms with Gasteiger partial charge in [-0.2, -0.15) is 0 Å². The van der Waals surface area contributed by atoms with E-state index in [4.69, 9.17) is 27.9 Å². The molecular formula is C15H12Cl2O2S. The fourth-order valence-corrected chi connectivity index (χ4v) is 3.82. The molecular weight excluding hydrogens is 315 g/mol. The van der Waals surface area contributed by atoms with Gasteiger partial charge in [0.25, 0.3) is 0 Å². The third-order valence-corrected chi connectivity index (χ3v) is 4.84. The van der Waals surface area contributed by atoms with Crippen LogP contribution in [0.15, 0.2) is 24.3 Å². The van der Waals surface area contributed by atoms with Gasteiger partial charge in [0.1, 0.15) is 10.1 Å². The molecule has 20 heavy (non-hydrogen) atoms. The van der Waals surface area contributed by atoms with Gasteiger partial charge in [-0.3, -0.25) is 4.79 Å². The van der Waals surface area contributed by atoms with Crippen molar-refractivity contribution >= 4 is 40.3 Å². The van der Waals surface area contributed by atoms with Crippen LogP contribution in [0, 0.1) is 0 Å². The molecule has 0 bridgehead atoms. The summed E-state index contributed by atoms with van der Waals surface area (Å²) >= 11 is 13.1. The number of Topliss-reactive ketones (excluding diaryl/α,β-unsaturated/α-hetero) is 1. The quantitative estimate of drug-likeness (QED) is 0.754. The minimum Gasteiger partial charge on any atom is -0.493 e. The number of benzene rings is 1. The second kappa shape index (κ2) is 5.76. The molecule has 0 spiro atoms. The van der Waals surface area contributed by atoms with Crippen LogP contribution < -0.4 is 4.74 Å². The summed E-state index contributed by atoms with van der Waals surface area (Å²) < 4.78 is 6.49. The molecule has 104 valence electrons. The zero-order valence-electron chi connectivity index (χ0n) is 10.6. The van der Waals surface area contributed by atoms with Crippen LogP contribution in [-0.4, -0.2) is 12.4 Å². The van der Waals surface area contributed by atoms with E-state index >= 15 is 0 Å². The molecule has 1 aliphatic heterocycles. The van der Waals surface area contributed by atoms with Crippen molar-refractivity contribution in [3.05, 3.63) is 49.6 Å². The van der Waals surface area contributed by atoms with Crippen LogP contribution in [0.25, 0.3) is 0 Å². The molecule has 2 aromatic rings. The third-order valence-electron chi connectivity index (χ3n) is 3.35. The van der Waals surface area contributed by atoms with E-state index in [-0.39, 0.29) is 5.78 Å². The van der Waals surface area contributed by atoms with Crippen LogP contribution in [0.5, 0.6) is 5.75 Å². The first kappa shape index (κ1) is 13.9. The van der Waals surface area contributed by atoms with Gasteiger partial charge in [0.2, 0.25) is 0 Å². The van der Waals surface area contributed by atoms with Crippen LogP contribution in [0.4, 0.5) is 0 Å². The number of carbonyl (C=O) groups is 1. The van der Waals surface area contributed by atoms with Gasteiger partial charge in [0.05, 0.1) is 10.9 Å². The van der Waals surface area contributed by atoms with Gasteiger partial charge in [-0.25, -0.2) is 0 Å². The lowest BCUT2D eigenvalue weighted by Crippen LogP contribution is -2.00. The van der Waals surface area contributed by atoms with Crippen LogP contribution in [-0.2, 0) is 12.8 Å². The van der Waals surface area contributed by atoms with Gasteiger partial charge < -0.3 is 4.74 Å². The third kappa shape index (κ3) is 2.85. The Labute approximate surface area is 131 Å². The Morgan fingerprint density at radius 3 is 2.90 bits per heavy atom. The largest absolute Gasteiger partial charge is 0.493 e. The minimum absolute atomic E-state index is 0.0369. The van der Waals surface area contributed by atoms with Crippen molar-refractivity contribution in [2.75, 3.05) is 6.61 Å². The lowest BCUT2D eigenvalue weighted by molar-refractivity contribution is 0.0983. The van der Waals surface area contributed by atoms with Gasteiger partial charge in [0, 0.05) is 18.4 Å². The maximum atomic E-state index is 12.1. The molecule has 5 heteroatoms. The topological polar surface area (TPSA) is 26.3 Å². The fourth-order valence-electron chi connectivity index (χ4n) is 2.32. The van der Waals surface area contributed by atoms with Crippen LogP contribution in [0.2, 0.25) is 8.67 Å². The van der Waals surface area contributed by atoms with Crippen molar-refractivity contribution in [1.82, 2.24) is 0 Å². The summed E-state index contributed by atoms with van der Waals surface area (Å²) in [5.41, 5.74) is 2.91. The highest BCUT2D eigenvalue weighted by atomic mass is 35.5. The number of ether oxygens (including phenoxy) is 1. The molecule has 3 rings (SSSR count). The zero-order chi connectivity index (χ0) is 14.1.